The van der Waals surface area contributed by atoms with Crippen LogP contribution in [0.1, 0.15) is 28.8 Å². The second kappa shape index (κ2) is 7.82. The number of amides is 3. The number of nitrogens with one attached hydrogen (secondary N) is 2. The van der Waals surface area contributed by atoms with Crippen LogP contribution in [0.25, 0.3) is 0 Å². The Morgan fingerprint density at radius 1 is 1.04 bits per heavy atom. The van der Waals surface area contributed by atoms with Crippen LogP contribution in [0.3, 0.4) is 0 Å². The molecule has 0 bridgehead atoms. The summed E-state index contributed by atoms with van der Waals surface area (Å²) < 4.78 is 0. The van der Waals surface area contributed by atoms with Gasteiger partial charge in [-0.2, -0.15) is 0 Å². The maximum absolute atomic E-state index is 12.1. The van der Waals surface area contributed by atoms with Crippen molar-refractivity contribution in [1.29, 1.82) is 0 Å². The number of hydrogen-bond donors (Lipinski definition) is 2. The van der Waals surface area contributed by atoms with Crippen molar-refractivity contribution in [1.82, 2.24) is 5.32 Å². The molecule has 134 valence electrons. The third-order valence-electron chi connectivity index (χ3n) is 4.27. The molecule has 0 spiro atoms. The largest absolute Gasteiger partial charge is 0.336 e. The summed E-state index contributed by atoms with van der Waals surface area (Å²) in [5.74, 6) is -0.257. The molecule has 2 N–H and O–H groups in total. The van der Waals surface area contributed by atoms with Crippen LogP contribution in [0.2, 0.25) is 0 Å². The Bertz CT molecular complexity index is 813. The van der Waals surface area contributed by atoms with Crippen LogP contribution in [0.5, 0.6) is 0 Å². The first-order chi connectivity index (χ1) is 12.5. The molecule has 3 rings (SSSR count). The Kier molecular flexibility index (Phi) is 5.31. The monoisotopic (exact) mass is 351 g/mol. The first-order valence-corrected chi connectivity index (χ1v) is 8.58. The lowest BCUT2D eigenvalue weighted by Gasteiger charge is -2.14. The van der Waals surface area contributed by atoms with Crippen molar-refractivity contribution in [2.24, 2.45) is 0 Å². The number of anilines is 2. The smallest absolute Gasteiger partial charge is 0.321 e. The average Bonchev–Trinajstić information content (AvgIpc) is 3.07. The Morgan fingerprint density at radius 2 is 1.73 bits per heavy atom. The molecule has 0 unspecified atom stereocenters. The van der Waals surface area contributed by atoms with E-state index in [2.05, 4.69) is 10.6 Å². The van der Waals surface area contributed by atoms with E-state index in [0.717, 1.165) is 11.3 Å². The number of rotatable bonds is 6. The van der Waals surface area contributed by atoms with E-state index < -0.39 is 0 Å². The highest BCUT2D eigenvalue weighted by atomic mass is 16.2. The number of aryl methyl sites for hydroxylation is 1. The van der Waals surface area contributed by atoms with Gasteiger partial charge >= 0.3 is 6.03 Å². The summed E-state index contributed by atoms with van der Waals surface area (Å²) in [6, 6.07) is 14.3. The molecule has 1 aliphatic rings. The lowest BCUT2D eigenvalue weighted by atomic mass is 10.0. The molecule has 6 nitrogen and oxygen atoms in total. The Hall–Kier alpha value is -3.15. The minimum atomic E-state index is -0.211. The maximum Gasteiger partial charge on any atom is 0.321 e. The summed E-state index contributed by atoms with van der Waals surface area (Å²) in [6.45, 7) is 3.22. The lowest BCUT2D eigenvalue weighted by Crippen LogP contribution is -2.27. The van der Waals surface area contributed by atoms with Crippen LogP contribution < -0.4 is 15.5 Å². The van der Waals surface area contributed by atoms with E-state index in [1.165, 1.54) is 0 Å². The fourth-order valence-corrected chi connectivity index (χ4v) is 2.78. The number of benzene rings is 2. The molecule has 1 aliphatic heterocycles. The molecular formula is C20H21N3O3. The van der Waals surface area contributed by atoms with Crippen molar-refractivity contribution in [3.63, 3.8) is 0 Å². The summed E-state index contributed by atoms with van der Waals surface area (Å²) in [6.07, 6.45) is 0.296. The zero-order chi connectivity index (χ0) is 18.5. The van der Waals surface area contributed by atoms with Gasteiger partial charge in [-0.1, -0.05) is 29.8 Å². The van der Waals surface area contributed by atoms with Crippen LogP contribution in [-0.2, 0) is 4.79 Å². The van der Waals surface area contributed by atoms with Gasteiger partial charge < -0.3 is 10.6 Å². The fourth-order valence-electron chi connectivity index (χ4n) is 2.78. The third-order valence-corrected chi connectivity index (χ3v) is 4.27. The molecule has 0 radical (unpaired) electrons. The minimum absolute atomic E-state index is 0.0458. The number of hydrogen-bond acceptors (Lipinski definition) is 3. The highest BCUT2D eigenvalue weighted by Gasteiger charge is 2.20. The molecule has 26 heavy (non-hydrogen) atoms. The van der Waals surface area contributed by atoms with Crippen LogP contribution in [-0.4, -0.2) is 30.8 Å². The molecule has 1 fully saturated rings. The molecular weight excluding hydrogens is 330 g/mol. The second-order valence-electron chi connectivity index (χ2n) is 6.27. The predicted molar refractivity (Wildman–Crippen MR) is 101 cm³/mol. The van der Waals surface area contributed by atoms with Crippen molar-refractivity contribution in [3.8, 4) is 0 Å². The number of carbonyl (C=O) groups is 3. The Morgan fingerprint density at radius 3 is 2.35 bits per heavy atom. The number of nitrogens with zero attached hydrogens (tertiary/aromatic N) is 1. The second-order valence-corrected chi connectivity index (χ2v) is 6.27. The number of carbonyl (C=O) groups excluding carboxylic acids is 3. The zero-order valence-electron chi connectivity index (χ0n) is 14.6. The van der Waals surface area contributed by atoms with Gasteiger partial charge in [0.1, 0.15) is 0 Å². The highest BCUT2D eigenvalue weighted by Crippen LogP contribution is 2.19. The van der Waals surface area contributed by atoms with E-state index in [-0.39, 0.29) is 30.6 Å². The molecule has 2 aromatic rings. The normalized spacial score (nSPS) is 13.4. The van der Waals surface area contributed by atoms with Gasteiger partial charge in [0.25, 0.3) is 0 Å². The van der Waals surface area contributed by atoms with E-state index in [4.69, 9.17) is 0 Å². The zero-order valence-corrected chi connectivity index (χ0v) is 14.6. The molecule has 0 aliphatic carbocycles. The summed E-state index contributed by atoms with van der Waals surface area (Å²) in [5, 5.41) is 5.52. The van der Waals surface area contributed by atoms with Crippen molar-refractivity contribution in [3.05, 3.63) is 59.7 Å². The van der Waals surface area contributed by atoms with Crippen molar-refractivity contribution < 1.29 is 14.4 Å². The summed E-state index contributed by atoms with van der Waals surface area (Å²) in [7, 11) is 0. The van der Waals surface area contributed by atoms with E-state index in [9.17, 15) is 14.4 Å². The van der Waals surface area contributed by atoms with Crippen LogP contribution in [0, 0.1) is 6.92 Å². The first-order valence-electron chi connectivity index (χ1n) is 8.58. The Labute approximate surface area is 152 Å². The first kappa shape index (κ1) is 17.7. The van der Waals surface area contributed by atoms with Crippen LogP contribution >= 0.6 is 0 Å². The molecule has 1 saturated heterocycles. The van der Waals surface area contributed by atoms with E-state index in [1.807, 2.05) is 19.1 Å². The van der Waals surface area contributed by atoms with Gasteiger partial charge in [-0.25, -0.2) is 4.79 Å². The van der Waals surface area contributed by atoms with Gasteiger partial charge in [0.15, 0.2) is 5.78 Å². The summed E-state index contributed by atoms with van der Waals surface area (Å²) in [4.78, 5) is 37.4. The van der Waals surface area contributed by atoms with Crippen molar-refractivity contribution in [2.75, 3.05) is 23.3 Å². The topological polar surface area (TPSA) is 78.5 Å². The van der Waals surface area contributed by atoms with Gasteiger partial charge in [-0.05, 0) is 31.2 Å². The number of Topliss-reactive ketones (excluding diaryl/α,β-unsaturated/α-hetero) is 1. The molecule has 3 amide bonds. The van der Waals surface area contributed by atoms with Gasteiger partial charge in [0, 0.05) is 42.9 Å². The predicted octanol–water partition coefficient (Wildman–Crippen LogP) is 3.13. The van der Waals surface area contributed by atoms with Crippen LogP contribution in [0.15, 0.2) is 48.5 Å². The lowest BCUT2D eigenvalue weighted by molar-refractivity contribution is -0.116. The Balaban J connectivity index is 1.50. The molecule has 6 heteroatoms. The van der Waals surface area contributed by atoms with Gasteiger partial charge in [0.05, 0.1) is 0 Å². The molecule has 0 aromatic heterocycles. The number of ketones is 1. The maximum atomic E-state index is 12.1. The van der Waals surface area contributed by atoms with Crippen molar-refractivity contribution >= 4 is 29.1 Å². The van der Waals surface area contributed by atoms with E-state index in [1.54, 1.807) is 41.3 Å². The molecule has 0 saturated carbocycles. The van der Waals surface area contributed by atoms with Gasteiger partial charge in [-0.3, -0.25) is 14.5 Å². The quantitative estimate of drug-likeness (QED) is 0.785. The summed E-state index contributed by atoms with van der Waals surface area (Å²) >= 11 is 0. The van der Waals surface area contributed by atoms with E-state index >= 15 is 0 Å². The SMILES string of the molecule is Cc1ccc(C(=O)CCC(=O)Nc2ccc(N3CCNC3=O)cc2)cc1. The standard InChI is InChI=1S/C20H21N3O3/c1-14-2-4-15(5-3-14)18(24)10-11-19(25)22-16-6-8-17(9-7-16)23-13-12-21-20(23)26/h2-9H,10-13H2,1H3,(H,21,26)(H,22,25). The van der Waals surface area contributed by atoms with Crippen LogP contribution in [0.4, 0.5) is 16.2 Å². The van der Waals surface area contributed by atoms with Gasteiger partial charge in [0.2, 0.25) is 5.91 Å². The number of urea groups is 1. The van der Waals surface area contributed by atoms with Gasteiger partial charge in [-0.15, -0.1) is 0 Å². The molecule has 2 aromatic carbocycles. The third kappa shape index (κ3) is 4.27. The summed E-state index contributed by atoms with van der Waals surface area (Å²) in [5.41, 5.74) is 3.14. The fraction of sp³-hybridized carbons (Fsp3) is 0.250. The molecule has 1 heterocycles. The molecule has 0 atom stereocenters. The average molecular weight is 351 g/mol. The van der Waals surface area contributed by atoms with E-state index in [0.29, 0.717) is 24.3 Å². The minimum Gasteiger partial charge on any atom is -0.336 e. The highest BCUT2D eigenvalue weighted by molar-refractivity contribution is 6.00. The van der Waals surface area contributed by atoms with Crippen molar-refractivity contribution in [2.45, 2.75) is 19.8 Å².